The molecular weight excluding hydrogens is 402 g/mol. The number of non-ortho nitro benzene ring substituents is 2. The van der Waals surface area contributed by atoms with Crippen LogP contribution in [0.15, 0.2) is 59.0 Å². The van der Waals surface area contributed by atoms with Crippen molar-refractivity contribution in [2.75, 3.05) is 0 Å². The molecule has 3 rings (SSSR count). The van der Waals surface area contributed by atoms with Gasteiger partial charge in [-0.2, -0.15) is 0 Å². The average molecular weight is 411 g/mol. The first-order valence-electron chi connectivity index (χ1n) is 8.05. The molecule has 1 aromatic heterocycles. The number of ketones is 2. The second-order valence-electron chi connectivity index (χ2n) is 5.86. The van der Waals surface area contributed by atoms with Crippen molar-refractivity contribution in [3.8, 4) is 0 Å². The first-order chi connectivity index (χ1) is 14.2. The summed E-state index contributed by atoms with van der Waals surface area (Å²) in [5.41, 5.74) is -2.05. The van der Waals surface area contributed by atoms with Crippen molar-refractivity contribution >= 4 is 28.6 Å². The van der Waals surface area contributed by atoms with Gasteiger partial charge in [-0.05, 0) is 0 Å². The van der Waals surface area contributed by atoms with Gasteiger partial charge in [0.2, 0.25) is 11.6 Å². The SMILES string of the molecule is O=C(c1cccc([N+](=O)[O-])c1)c1cc([N+](=O)[O-])c(C(=O)c2cccc([N+](=O)[O-])c2)o1. The van der Waals surface area contributed by atoms with Crippen LogP contribution >= 0.6 is 0 Å². The molecule has 0 aliphatic heterocycles. The van der Waals surface area contributed by atoms with Crippen molar-refractivity contribution in [3.63, 3.8) is 0 Å². The number of carbonyl (C=O) groups excluding carboxylic acids is 2. The molecule has 0 spiro atoms. The van der Waals surface area contributed by atoms with Crippen molar-refractivity contribution in [1.29, 1.82) is 0 Å². The predicted molar refractivity (Wildman–Crippen MR) is 98.4 cm³/mol. The van der Waals surface area contributed by atoms with E-state index in [1.165, 1.54) is 24.3 Å². The Morgan fingerprint density at radius 2 is 1.20 bits per heavy atom. The topological polar surface area (TPSA) is 177 Å². The molecule has 0 aliphatic rings. The van der Waals surface area contributed by atoms with E-state index in [-0.39, 0.29) is 16.8 Å². The maximum Gasteiger partial charge on any atom is 0.319 e. The molecule has 150 valence electrons. The van der Waals surface area contributed by atoms with Crippen molar-refractivity contribution in [3.05, 3.63) is 108 Å². The summed E-state index contributed by atoms with van der Waals surface area (Å²) in [7, 11) is 0. The summed E-state index contributed by atoms with van der Waals surface area (Å²) in [6, 6.07) is 9.78. The molecule has 0 amide bonds. The van der Waals surface area contributed by atoms with Gasteiger partial charge in [-0.25, -0.2) is 0 Å². The fourth-order valence-electron chi connectivity index (χ4n) is 2.59. The first-order valence-corrected chi connectivity index (χ1v) is 8.05. The number of furan rings is 1. The Bertz CT molecular complexity index is 1230. The van der Waals surface area contributed by atoms with Crippen LogP contribution in [-0.2, 0) is 0 Å². The molecule has 0 saturated carbocycles. The molecule has 0 saturated heterocycles. The Morgan fingerprint density at radius 3 is 1.67 bits per heavy atom. The van der Waals surface area contributed by atoms with Gasteiger partial charge in [0.1, 0.15) is 0 Å². The summed E-state index contributed by atoms with van der Waals surface area (Å²) >= 11 is 0. The van der Waals surface area contributed by atoms with E-state index < -0.39 is 49.2 Å². The highest BCUT2D eigenvalue weighted by Gasteiger charge is 2.31. The van der Waals surface area contributed by atoms with E-state index in [9.17, 15) is 39.9 Å². The lowest BCUT2D eigenvalue weighted by atomic mass is 10.1. The largest absolute Gasteiger partial charge is 0.442 e. The van der Waals surface area contributed by atoms with Gasteiger partial charge in [0.15, 0.2) is 5.76 Å². The number of rotatable bonds is 7. The Hall–Kier alpha value is -4.74. The second kappa shape index (κ2) is 7.71. The Balaban J connectivity index is 2.05. The number of hydrogen-bond acceptors (Lipinski definition) is 9. The van der Waals surface area contributed by atoms with Crippen LogP contribution in [-0.4, -0.2) is 26.3 Å². The number of carbonyl (C=O) groups is 2. The molecular formula is C18H9N3O9. The smallest absolute Gasteiger partial charge is 0.319 e. The minimum Gasteiger partial charge on any atom is -0.442 e. The van der Waals surface area contributed by atoms with Crippen LogP contribution in [0.3, 0.4) is 0 Å². The molecule has 0 unspecified atom stereocenters. The lowest BCUT2D eigenvalue weighted by Crippen LogP contribution is -2.04. The van der Waals surface area contributed by atoms with Crippen molar-refractivity contribution in [2.45, 2.75) is 0 Å². The zero-order valence-electron chi connectivity index (χ0n) is 14.7. The number of benzene rings is 2. The number of nitrogens with zero attached hydrogens (tertiary/aromatic N) is 3. The third kappa shape index (κ3) is 3.77. The van der Waals surface area contributed by atoms with Gasteiger partial charge in [-0.3, -0.25) is 39.9 Å². The highest BCUT2D eigenvalue weighted by molar-refractivity contribution is 6.12. The van der Waals surface area contributed by atoms with Crippen molar-refractivity contribution in [2.24, 2.45) is 0 Å². The van der Waals surface area contributed by atoms with Gasteiger partial charge < -0.3 is 4.42 Å². The monoisotopic (exact) mass is 411 g/mol. The second-order valence-corrected chi connectivity index (χ2v) is 5.86. The van der Waals surface area contributed by atoms with Gasteiger partial charge in [0, 0.05) is 35.4 Å². The fourth-order valence-corrected chi connectivity index (χ4v) is 2.59. The highest BCUT2D eigenvalue weighted by Crippen LogP contribution is 2.29. The molecule has 0 bridgehead atoms. The van der Waals surface area contributed by atoms with Gasteiger partial charge in [-0.1, -0.05) is 24.3 Å². The standard InChI is InChI=1S/C18H9N3O9/c22-16(10-3-1-5-12(7-10)19(24)25)15-9-14(21(28)29)18(30-15)17(23)11-4-2-6-13(8-11)20(26)27/h1-9H. The molecule has 0 fully saturated rings. The maximum atomic E-state index is 12.6. The van der Waals surface area contributed by atoms with Gasteiger partial charge in [-0.15, -0.1) is 0 Å². The molecule has 0 aliphatic carbocycles. The van der Waals surface area contributed by atoms with Crippen LogP contribution in [0, 0.1) is 30.3 Å². The average Bonchev–Trinajstić information content (AvgIpc) is 3.18. The molecule has 2 aromatic carbocycles. The fraction of sp³-hybridized carbons (Fsp3) is 0. The lowest BCUT2D eigenvalue weighted by molar-refractivity contribution is -0.385. The van der Waals surface area contributed by atoms with E-state index in [4.69, 9.17) is 4.42 Å². The number of nitro benzene ring substituents is 2. The minimum absolute atomic E-state index is 0.179. The summed E-state index contributed by atoms with van der Waals surface area (Å²) in [5.74, 6) is -3.34. The minimum atomic E-state index is -1.04. The molecule has 1 heterocycles. The van der Waals surface area contributed by atoms with E-state index >= 15 is 0 Å². The third-order valence-electron chi connectivity index (χ3n) is 3.98. The van der Waals surface area contributed by atoms with Gasteiger partial charge >= 0.3 is 5.69 Å². The van der Waals surface area contributed by atoms with Gasteiger partial charge in [0.05, 0.1) is 20.8 Å². The van der Waals surface area contributed by atoms with E-state index in [1.54, 1.807) is 0 Å². The molecule has 12 nitrogen and oxygen atoms in total. The lowest BCUT2D eigenvalue weighted by Gasteiger charge is -1.99. The van der Waals surface area contributed by atoms with E-state index in [2.05, 4.69) is 0 Å². The van der Waals surface area contributed by atoms with Crippen LogP contribution < -0.4 is 0 Å². The summed E-state index contributed by atoms with van der Waals surface area (Å²) in [6.45, 7) is 0. The van der Waals surface area contributed by atoms with Crippen LogP contribution in [0.1, 0.15) is 32.2 Å². The molecule has 30 heavy (non-hydrogen) atoms. The van der Waals surface area contributed by atoms with E-state index in [0.717, 1.165) is 30.3 Å². The third-order valence-corrected chi connectivity index (χ3v) is 3.98. The molecule has 3 aromatic rings. The number of nitro groups is 3. The maximum absolute atomic E-state index is 12.6. The highest BCUT2D eigenvalue weighted by atomic mass is 16.6. The molecule has 0 atom stereocenters. The van der Waals surface area contributed by atoms with Crippen LogP contribution in [0.4, 0.5) is 17.1 Å². The summed E-state index contributed by atoms with van der Waals surface area (Å²) in [5, 5.41) is 33.1. The van der Waals surface area contributed by atoms with Gasteiger partial charge in [0.25, 0.3) is 17.1 Å². The van der Waals surface area contributed by atoms with Crippen LogP contribution in [0.2, 0.25) is 0 Å². The van der Waals surface area contributed by atoms with E-state index in [1.807, 2.05) is 0 Å². The summed E-state index contributed by atoms with van der Waals surface area (Å²) < 4.78 is 5.13. The zero-order valence-corrected chi connectivity index (χ0v) is 14.7. The van der Waals surface area contributed by atoms with E-state index in [0.29, 0.717) is 0 Å². The normalized spacial score (nSPS) is 10.4. The van der Waals surface area contributed by atoms with Crippen molar-refractivity contribution < 1.29 is 28.8 Å². The Morgan fingerprint density at radius 1 is 0.700 bits per heavy atom. The predicted octanol–water partition coefficient (Wildman–Crippen LogP) is 3.47. The zero-order chi connectivity index (χ0) is 22.0. The quantitative estimate of drug-likeness (QED) is 0.320. The molecule has 0 radical (unpaired) electrons. The molecule has 0 N–H and O–H groups in total. The summed E-state index contributed by atoms with van der Waals surface area (Å²) in [6.07, 6.45) is 0. The first kappa shape index (κ1) is 20.0. The molecule has 12 heteroatoms. The van der Waals surface area contributed by atoms with Crippen molar-refractivity contribution in [1.82, 2.24) is 0 Å². The van der Waals surface area contributed by atoms with Crippen LogP contribution in [0.25, 0.3) is 0 Å². The Kier molecular flexibility index (Phi) is 5.14. The van der Waals surface area contributed by atoms with Crippen LogP contribution in [0.5, 0.6) is 0 Å². The Labute approximate surface area is 165 Å². The number of hydrogen-bond donors (Lipinski definition) is 0. The summed E-state index contributed by atoms with van der Waals surface area (Å²) in [4.78, 5) is 55.9.